The van der Waals surface area contributed by atoms with E-state index in [1.165, 1.54) is 0 Å². The lowest BCUT2D eigenvalue weighted by Gasteiger charge is -2.10. The van der Waals surface area contributed by atoms with Crippen LogP contribution in [0.15, 0.2) is 11.6 Å². The smallest absolute Gasteiger partial charge is 0.303 e. The van der Waals surface area contributed by atoms with Crippen LogP contribution in [-0.2, 0) is 9.59 Å². The summed E-state index contributed by atoms with van der Waals surface area (Å²) in [5.41, 5.74) is 0.741. The molecule has 1 amide bonds. The Balaban J connectivity index is 3.72. The van der Waals surface area contributed by atoms with Crippen molar-refractivity contribution in [2.45, 2.75) is 46.5 Å². The van der Waals surface area contributed by atoms with Crippen molar-refractivity contribution in [3.05, 3.63) is 11.6 Å². The third-order valence-electron chi connectivity index (χ3n) is 2.64. The highest BCUT2D eigenvalue weighted by Gasteiger charge is 2.07. The molecule has 1 unspecified atom stereocenters. The zero-order valence-corrected chi connectivity index (χ0v) is 11.0. The third kappa shape index (κ3) is 8.48. The molecule has 0 aromatic heterocycles. The molecule has 4 nitrogen and oxygen atoms in total. The molecule has 2 N–H and O–H groups in total. The van der Waals surface area contributed by atoms with Crippen molar-refractivity contribution < 1.29 is 14.7 Å². The van der Waals surface area contributed by atoms with Crippen LogP contribution in [0.1, 0.15) is 46.5 Å². The van der Waals surface area contributed by atoms with Crippen molar-refractivity contribution in [1.82, 2.24) is 5.32 Å². The Kier molecular flexibility index (Phi) is 8.11. The lowest BCUT2D eigenvalue weighted by Crippen LogP contribution is -2.26. The largest absolute Gasteiger partial charge is 0.481 e. The number of carboxylic acids is 1. The van der Waals surface area contributed by atoms with Gasteiger partial charge in [-0.15, -0.1) is 0 Å². The van der Waals surface area contributed by atoms with E-state index in [-0.39, 0.29) is 12.3 Å². The molecule has 0 saturated carbocycles. The Morgan fingerprint density at radius 2 is 2.00 bits per heavy atom. The number of hydrogen-bond acceptors (Lipinski definition) is 2. The molecule has 0 heterocycles. The summed E-state index contributed by atoms with van der Waals surface area (Å²) in [6.07, 6.45) is 4.43. The predicted octanol–water partition coefficient (Wildman–Crippen LogP) is 2.35. The molecular formula is C13H23NO3. The lowest BCUT2D eigenvalue weighted by atomic mass is 10.0. The van der Waals surface area contributed by atoms with Crippen molar-refractivity contribution in [3.63, 3.8) is 0 Å². The van der Waals surface area contributed by atoms with E-state index < -0.39 is 5.97 Å². The normalized spacial score (nSPS) is 13.2. The maximum absolute atomic E-state index is 11.5. The van der Waals surface area contributed by atoms with E-state index in [0.717, 1.165) is 18.4 Å². The maximum Gasteiger partial charge on any atom is 0.303 e. The van der Waals surface area contributed by atoms with Gasteiger partial charge >= 0.3 is 5.97 Å². The van der Waals surface area contributed by atoms with E-state index in [9.17, 15) is 9.59 Å². The van der Waals surface area contributed by atoms with Crippen molar-refractivity contribution in [2.24, 2.45) is 5.92 Å². The van der Waals surface area contributed by atoms with E-state index in [1.807, 2.05) is 19.9 Å². The zero-order valence-electron chi connectivity index (χ0n) is 11.0. The van der Waals surface area contributed by atoms with Gasteiger partial charge in [0.25, 0.3) is 0 Å². The minimum Gasteiger partial charge on any atom is -0.481 e. The summed E-state index contributed by atoms with van der Waals surface area (Å²) < 4.78 is 0. The number of nitrogens with one attached hydrogen (secondary N) is 1. The molecule has 0 saturated heterocycles. The number of allylic oxidation sites excluding steroid dienone is 1. The highest BCUT2D eigenvalue weighted by Crippen LogP contribution is 2.09. The standard InChI is InChI=1S/C13H23NO3/c1-4-5-11(3)13(17)14-9-8-10(2)6-7-12(15)16/h5,10H,4,6-9H2,1-3H3,(H,14,17)(H,15,16). The first-order valence-corrected chi connectivity index (χ1v) is 6.14. The molecule has 98 valence electrons. The molecule has 4 heteroatoms. The van der Waals surface area contributed by atoms with Gasteiger partial charge in [0.05, 0.1) is 0 Å². The van der Waals surface area contributed by atoms with E-state index >= 15 is 0 Å². The van der Waals surface area contributed by atoms with Crippen LogP contribution < -0.4 is 5.32 Å². The van der Waals surface area contributed by atoms with Gasteiger partial charge < -0.3 is 10.4 Å². The highest BCUT2D eigenvalue weighted by molar-refractivity contribution is 5.92. The van der Waals surface area contributed by atoms with Crippen LogP contribution >= 0.6 is 0 Å². The summed E-state index contributed by atoms with van der Waals surface area (Å²) in [5, 5.41) is 11.4. The summed E-state index contributed by atoms with van der Waals surface area (Å²) in [7, 11) is 0. The van der Waals surface area contributed by atoms with Crippen molar-refractivity contribution in [3.8, 4) is 0 Å². The van der Waals surface area contributed by atoms with Gasteiger partial charge in [-0.25, -0.2) is 0 Å². The monoisotopic (exact) mass is 241 g/mol. The zero-order chi connectivity index (χ0) is 13.3. The van der Waals surface area contributed by atoms with E-state index in [4.69, 9.17) is 5.11 Å². The van der Waals surface area contributed by atoms with Gasteiger partial charge in [-0.05, 0) is 32.1 Å². The van der Waals surface area contributed by atoms with E-state index in [1.54, 1.807) is 6.92 Å². The minimum atomic E-state index is -0.761. The van der Waals surface area contributed by atoms with Crippen LogP contribution in [0.25, 0.3) is 0 Å². The first-order valence-electron chi connectivity index (χ1n) is 6.14. The number of amides is 1. The molecule has 0 aliphatic rings. The molecule has 0 fully saturated rings. The minimum absolute atomic E-state index is 0.0303. The third-order valence-corrected chi connectivity index (χ3v) is 2.64. The molecule has 0 aliphatic carbocycles. The summed E-state index contributed by atoms with van der Waals surface area (Å²) in [6, 6.07) is 0. The second-order valence-corrected chi connectivity index (χ2v) is 4.38. The van der Waals surface area contributed by atoms with Crippen LogP contribution in [0.2, 0.25) is 0 Å². The summed E-state index contributed by atoms with van der Waals surface area (Å²) in [5.74, 6) is -0.471. The van der Waals surface area contributed by atoms with Gasteiger partial charge in [0.2, 0.25) is 5.91 Å². The van der Waals surface area contributed by atoms with Gasteiger partial charge in [-0.3, -0.25) is 9.59 Å². The Bertz CT molecular complexity index is 284. The quantitative estimate of drug-likeness (QED) is 0.641. The molecule has 17 heavy (non-hydrogen) atoms. The van der Waals surface area contributed by atoms with Gasteiger partial charge in [0.1, 0.15) is 0 Å². The summed E-state index contributed by atoms with van der Waals surface area (Å²) in [6.45, 7) is 6.40. The fourth-order valence-corrected chi connectivity index (χ4v) is 1.48. The Labute approximate surface area is 103 Å². The molecule has 0 aromatic rings. The molecular weight excluding hydrogens is 218 g/mol. The van der Waals surface area contributed by atoms with Crippen LogP contribution in [0.5, 0.6) is 0 Å². The predicted molar refractivity (Wildman–Crippen MR) is 67.7 cm³/mol. The van der Waals surface area contributed by atoms with E-state index in [2.05, 4.69) is 5.32 Å². The second kappa shape index (κ2) is 8.79. The van der Waals surface area contributed by atoms with E-state index in [0.29, 0.717) is 18.9 Å². The fraction of sp³-hybridized carbons (Fsp3) is 0.692. The van der Waals surface area contributed by atoms with Crippen LogP contribution in [0.4, 0.5) is 0 Å². The summed E-state index contributed by atoms with van der Waals surface area (Å²) >= 11 is 0. The topological polar surface area (TPSA) is 66.4 Å². The van der Waals surface area contributed by atoms with Gasteiger partial charge in [-0.1, -0.05) is 19.9 Å². The molecule has 0 rings (SSSR count). The number of carbonyl (C=O) groups is 2. The molecule has 0 bridgehead atoms. The molecule has 0 aliphatic heterocycles. The van der Waals surface area contributed by atoms with Gasteiger partial charge in [-0.2, -0.15) is 0 Å². The molecule has 0 spiro atoms. The van der Waals surface area contributed by atoms with Crippen LogP contribution in [0, 0.1) is 5.92 Å². The SMILES string of the molecule is CCC=C(C)C(=O)NCCC(C)CCC(=O)O. The molecule has 0 aromatic carbocycles. The first kappa shape index (κ1) is 15.7. The first-order chi connectivity index (χ1) is 7.97. The van der Waals surface area contributed by atoms with Crippen molar-refractivity contribution in [1.29, 1.82) is 0 Å². The number of hydrogen-bond donors (Lipinski definition) is 2. The Hall–Kier alpha value is -1.32. The maximum atomic E-state index is 11.5. The number of carbonyl (C=O) groups excluding carboxylic acids is 1. The van der Waals surface area contributed by atoms with Crippen molar-refractivity contribution in [2.75, 3.05) is 6.54 Å². The molecule has 1 atom stereocenters. The fourth-order valence-electron chi connectivity index (χ4n) is 1.48. The average molecular weight is 241 g/mol. The van der Waals surface area contributed by atoms with Gasteiger partial charge in [0.15, 0.2) is 0 Å². The Morgan fingerprint density at radius 3 is 2.53 bits per heavy atom. The average Bonchev–Trinajstić information content (AvgIpc) is 2.26. The van der Waals surface area contributed by atoms with Crippen molar-refractivity contribution >= 4 is 11.9 Å². The number of aliphatic carboxylic acids is 1. The van der Waals surface area contributed by atoms with Gasteiger partial charge in [0, 0.05) is 18.5 Å². The Morgan fingerprint density at radius 1 is 1.35 bits per heavy atom. The van der Waals surface area contributed by atoms with Crippen LogP contribution in [-0.4, -0.2) is 23.5 Å². The second-order valence-electron chi connectivity index (χ2n) is 4.38. The highest BCUT2D eigenvalue weighted by atomic mass is 16.4. The number of rotatable bonds is 8. The molecule has 0 radical (unpaired) electrons. The summed E-state index contributed by atoms with van der Waals surface area (Å²) in [4.78, 5) is 21.9. The number of carboxylic acid groups (broad SMARTS) is 1. The van der Waals surface area contributed by atoms with Crippen LogP contribution in [0.3, 0.4) is 0 Å². The lowest BCUT2D eigenvalue weighted by molar-refractivity contribution is -0.137.